The van der Waals surface area contributed by atoms with Gasteiger partial charge in [0.1, 0.15) is 0 Å². The standard InChI is InChI=1S/C25H33N5O2/c1-16(2)20-12-21(23(27)13-22(20)26)25(32)30-14-18-6-4-5-17(11-19(18)15-30)24(31)29-9-7-28(3)8-10-29/h4,6,11-13,16H,5,7-10,14-15,26-27H2,1-3H3. The molecule has 2 amide bonds. The second kappa shape index (κ2) is 8.82. The Hall–Kier alpha value is -3.06. The smallest absolute Gasteiger partial charge is 0.256 e. The third-order valence-corrected chi connectivity index (χ3v) is 6.60. The van der Waals surface area contributed by atoms with Gasteiger partial charge in [-0.3, -0.25) is 9.59 Å². The first-order valence-corrected chi connectivity index (χ1v) is 11.3. The molecule has 1 aliphatic carbocycles. The Labute approximate surface area is 190 Å². The van der Waals surface area contributed by atoms with Crippen LogP contribution in [0.4, 0.5) is 11.4 Å². The van der Waals surface area contributed by atoms with Crippen LogP contribution in [-0.4, -0.2) is 72.8 Å². The molecule has 3 aliphatic rings. The van der Waals surface area contributed by atoms with Crippen LogP contribution >= 0.6 is 0 Å². The van der Waals surface area contributed by atoms with Crippen LogP contribution in [0.25, 0.3) is 0 Å². The summed E-state index contributed by atoms with van der Waals surface area (Å²) in [6, 6.07) is 3.51. The number of hydrogen-bond donors (Lipinski definition) is 2. The fourth-order valence-electron chi connectivity index (χ4n) is 4.58. The molecule has 32 heavy (non-hydrogen) atoms. The minimum absolute atomic E-state index is 0.102. The maximum atomic E-state index is 13.3. The van der Waals surface area contributed by atoms with E-state index in [-0.39, 0.29) is 17.7 Å². The van der Waals surface area contributed by atoms with E-state index in [0.29, 0.717) is 36.4 Å². The van der Waals surface area contributed by atoms with E-state index in [0.717, 1.165) is 48.5 Å². The Morgan fingerprint density at radius 2 is 1.59 bits per heavy atom. The van der Waals surface area contributed by atoms with Gasteiger partial charge in [0.05, 0.1) is 5.56 Å². The second-order valence-electron chi connectivity index (χ2n) is 9.31. The summed E-state index contributed by atoms with van der Waals surface area (Å²) in [5, 5.41) is 0. The van der Waals surface area contributed by atoms with Crippen molar-refractivity contribution in [3.05, 3.63) is 58.2 Å². The molecule has 0 aromatic heterocycles. The number of nitrogens with two attached hydrogens (primary N) is 2. The number of nitrogens with zero attached hydrogens (tertiary/aromatic N) is 3. The zero-order chi connectivity index (χ0) is 23.0. The Morgan fingerprint density at radius 3 is 2.28 bits per heavy atom. The SMILES string of the molecule is CC(C)c1cc(C(=O)N2CC3=C(C=C(C(=O)N4CCN(C)CC4)CC=C3)C2)c(N)cc1N. The van der Waals surface area contributed by atoms with Gasteiger partial charge in [-0.25, -0.2) is 0 Å². The summed E-state index contributed by atoms with van der Waals surface area (Å²) in [4.78, 5) is 32.4. The summed E-state index contributed by atoms with van der Waals surface area (Å²) in [7, 11) is 2.08. The number of piperazine rings is 1. The first kappa shape index (κ1) is 22.1. The summed E-state index contributed by atoms with van der Waals surface area (Å²) >= 11 is 0. The molecule has 2 aliphatic heterocycles. The lowest BCUT2D eigenvalue weighted by atomic mass is 9.97. The lowest BCUT2D eigenvalue weighted by Crippen LogP contribution is -2.47. The van der Waals surface area contributed by atoms with E-state index in [9.17, 15) is 9.59 Å². The van der Waals surface area contributed by atoms with Crippen molar-refractivity contribution >= 4 is 23.2 Å². The molecule has 1 aromatic rings. The summed E-state index contributed by atoms with van der Waals surface area (Å²) in [6.45, 7) is 8.37. The van der Waals surface area contributed by atoms with Crippen LogP contribution in [0.15, 0.2) is 47.1 Å². The number of likely N-dealkylation sites (N-methyl/N-ethyl adjacent to an activating group) is 1. The van der Waals surface area contributed by atoms with Crippen LogP contribution in [0.3, 0.4) is 0 Å². The Kier molecular flexibility index (Phi) is 6.11. The number of rotatable bonds is 3. The van der Waals surface area contributed by atoms with Gasteiger partial charge < -0.3 is 26.2 Å². The van der Waals surface area contributed by atoms with Crippen molar-refractivity contribution in [2.45, 2.75) is 26.2 Å². The number of nitrogen functional groups attached to an aromatic ring is 2. The van der Waals surface area contributed by atoms with E-state index in [1.165, 1.54) is 0 Å². The van der Waals surface area contributed by atoms with Crippen LogP contribution in [0.2, 0.25) is 0 Å². The molecule has 7 heteroatoms. The van der Waals surface area contributed by atoms with Crippen molar-refractivity contribution in [3.8, 4) is 0 Å². The molecule has 0 atom stereocenters. The molecule has 0 saturated carbocycles. The van der Waals surface area contributed by atoms with E-state index in [1.54, 1.807) is 11.0 Å². The summed E-state index contributed by atoms with van der Waals surface area (Å²) < 4.78 is 0. The van der Waals surface area contributed by atoms with Crippen molar-refractivity contribution in [1.82, 2.24) is 14.7 Å². The maximum absolute atomic E-state index is 13.3. The van der Waals surface area contributed by atoms with Gasteiger partial charge in [-0.2, -0.15) is 0 Å². The Bertz CT molecular complexity index is 1030. The minimum atomic E-state index is -0.105. The molecule has 4 N–H and O–H groups in total. The summed E-state index contributed by atoms with van der Waals surface area (Å²) in [6.07, 6.45) is 6.70. The monoisotopic (exact) mass is 435 g/mol. The third-order valence-electron chi connectivity index (χ3n) is 6.60. The fourth-order valence-corrected chi connectivity index (χ4v) is 4.58. The topological polar surface area (TPSA) is 95.9 Å². The van der Waals surface area contributed by atoms with Crippen LogP contribution in [0, 0.1) is 0 Å². The molecule has 1 aromatic carbocycles. The zero-order valence-electron chi connectivity index (χ0n) is 19.2. The van der Waals surface area contributed by atoms with Crippen molar-refractivity contribution in [3.63, 3.8) is 0 Å². The van der Waals surface area contributed by atoms with Crippen molar-refractivity contribution in [2.75, 3.05) is 57.8 Å². The second-order valence-corrected chi connectivity index (χ2v) is 9.31. The molecule has 0 bridgehead atoms. The van der Waals surface area contributed by atoms with Gasteiger partial charge >= 0.3 is 0 Å². The molecule has 2 heterocycles. The number of amides is 2. The molecule has 4 rings (SSSR count). The highest BCUT2D eigenvalue weighted by Crippen LogP contribution is 2.31. The number of allylic oxidation sites excluding steroid dienone is 1. The number of benzene rings is 1. The number of hydrogen-bond acceptors (Lipinski definition) is 5. The Morgan fingerprint density at radius 1 is 0.906 bits per heavy atom. The maximum Gasteiger partial charge on any atom is 0.256 e. The first-order chi connectivity index (χ1) is 15.2. The van der Waals surface area contributed by atoms with Gasteiger partial charge in [-0.1, -0.05) is 26.0 Å². The van der Waals surface area contributed by atoms with Crippen LogP contribution < -0.4 is 11.5 Å². The van der Waals surface area contributed by atoms with E-state index < -0.39 is 0 Å². The van der Waals surface area contributed by atoms with Gasteiger partial charge in [0.15, 0.2) is 0 Å². The highest BCUT2D eigenvalue weighted by molar-refractivity contribution is 6.01. The van der Waals surface area contributed by atoms with E-state index in [4.69, 9.17) is 11.5 Å². The van der Waals surface area contributed by atoms with Crippen molar-refractivity contribution in [2.24, 2.45) is 0 Å². The molecule has 7 nitrogen and oxygen atoms in total. The largest absolute Gasteiger partial charge is 0.398 e. The molecule has 0 spiro atoms. The lowest BCUT2D eigenvalue weighted by Gasteiger charge is -2.33. The minimum Gasteiger partial charge on any atom is -0.398 e. The van der Waals surface area contributed by atoms with Gasteiger partial charge in [-0.15, -0.1) is 0 Å². The van der Waals surface area contributed by atoms with Crippen LogP contribution in [0.1, 0.15) is 42.1 Å². The molecule has 170 valence electrons. The van der Waals surface area contributed by atoms with Crippen molar-refractivity contribution < 1.29 is 9.59 Å². The lowest BCUT2D eigenvalue weighted by molar-refractivity contribution is -0.128. The normalized spacial score (nSPS) is 19.3. The number of carbonyl (C=O) groups is 2. The number of carbonyl (C=O) groups excluding carboxylic acids is 2. The molecular weight excluding hydrogens is 402 g/mol. The molecule has 1 saturated heterocycles. The highest BCUT2D eigenvalue weighted by atomic mass is 16.2. The first-order valence-electron chi connectivity index (χ1n) is 11.3. The van der Waals surface area contributed by atoms with E-state index >= 15 is 0 Å². The third kappa shape index (κ3) is 4.30. The van der Waals surface area contributed by atoms with E-state index in [1.807, 2.05) is 37.0 Å². The summed E-state index contributed by atoms with van der Waals surface area (Å²) in [5.41, 5.74) is 17.6. The van der Waals surface area contributed by atoms with Crippen LogP contribution in [0.5, 0.6) is 0 Å². The fraction of sp³-hybridized carbons (Fsp3) is 0.440. The number of anilines is 2. The Balaban J connectivity index is 1.52. The predicted octanol–water partition coefficient (Wildman–Crippen LogP) is 2.39. The molecule has 1 fully saturated rings. The average molecular weight is 436 g/mol. The molecule has 0 radical (unpaired) electrons. The van der Waals surface area contributed by atoms with Gasteiger partial charge in [-0.05, 0) is 54.3 Å². The average Bonchev–Trinajstić information content (AvgIpc) is 3.04. The van der Waals surface area contributed by atoms with Gasteiger partial charge in [0, 0.05) is 56.2 Å². The zero-order valence-corrected chi connectivity index (χ0v) is 19.2. The van der Waals surface area contributed by atoms with Gasteiger partial charge in [0.2, 0.25) is 5.91 Å². The molecular formula is C25H33N5O2. The van der Waals surface area contributed by atoms with Crippen LogP contribution in [-0.2, 0) is 4.79 Å². The predicted molar refractivity (Wildman–Crippen MR) is 128 cm³/mol. The molecule has 0 unspecified atom stereocenters. The van der Waals surface area contributed by atoms with Crippen molar-refractivity contribution in [1.29, 1.82) is 0 Å². The van der Waals surface area contributed by atoms with E-state index in [2.05, 4.69) is 18.0 Å². The highest BCUT2D eigenvalue weighted by Gasteiger charge is 2.29. The quantitative estimate of drug-likeness (QED) is 0.711. The van der Waals surface area contributed by atoms with Gasteiger partial charge in [0.25, 0.3) is 5.91 Å². The summed E-state index contributed by atoms with van der Waals surface area (Å²) in [5.74, 6) is 0.196.